The Morgan fingerprint density at radius 1 is 1.00 bits per heavy atom. The van der Waals surface area contributed by atoms with Gasteiger partial charge in [-0.05, 0) is 44.2 Å². The second kappa shape index (κ2) is 7.47. The van der Waals surface area contributed by atoms with Crippen LogP contribution in [0.1, 0.15) is 17.0 Å². The van der Waals surface area contributed by atoms with E-state index in [1.54, 1.807) is 36.8 Å². The Morgan fingerprint density at radius 3 is 2.36 bits per heavy atom. The Balaban J connectivity index is 1.82. The molecule has 0 atom stereocenters. The van der Waals surface area contributed by atoms with Crippen LogP contribution < -0.4 is 16.0 Å². The first-order valence-corrected chi connectivity index (χ1v) is 10.4. The summed E-state index contributed by atoms with van der Waals surface area (Å²) in [6, 6.07) is 13.6. The van der Waals surface area contributed by atoms with Crippen LogP contribution >= 0.6 is 0 Å². The third kappa shape index (κ3) is 3.00. The van der Waals surface area contributed by atoms with Crippen molar-refractivity contribution in [1.29, 1.82) is 0 Å². The quantitative estimate of drug-likeness (QED) is 0.425. The summed E-state index contributed by atoms with van der Waals surface area (Å²) in [6.07, 6.45) is 0. The van der Waals surface area contributed by atoms with Crippen molar-refractivity contribution in [2.75, 3.05) is 7.11 Å². The van der Waals surface area contributed by atoms with Crippen molar-refractivity contribution >= 4 is 16.9 Å². The van der Waals surface area contributed by atoms with Crippen LogP contribution in [0.15, 0.2) is 58.1 Å². The van der Waals surface area contributed by atoms with E-state index in [-0.39, 0.29) is 23.3 Å². The molecular weight excluding hydrogens is 425 g/mol. The number of aryl methyl sites for hydroxylation is 2. The number of fused-ring (bicyclic) bond motifs is 3. The van der Waals surface area contributed by atoms with Crippen LogP contribution in [0.5, 0.6) is 5.75 Å². The molecule has 2 aromatic carbocycles. The van der Waals surface area contributed by atoms with Crippen LogP contribution in [0.4, 0.5) is 4.39 Å². The van der Waals surface area contributed by atoms with Crippen LogP contribution in [0, 0.1) is 19.7 Å². The van der Waals surface area contributed by atoms with E-state index in [9.17, 15) is 14.0 Å². The van der Waals surface area contributed by atoms with Gasteiger partial charge in [0.1, 0.15) is 11.6 Å². The SMILES string of the molecule is COc1ccc(-n2c(C)c(C)n3c4c(=O)n(Cc5ccccc5F)c(=O)n(C)c4nc23)cc1. The Morgan fingerprint density at radius 2 is 1.70 bits per heavy atom. The number of benzene rings is 2. The van der Waals surface area contributed by atoms with Crippen LogP contribution in [0.3, 0.4) is 0 Å². The molecule has 5 aromatic rings. The van der Waals surface area contributed by atoms with E-state index >= 15 is 0 Å². The molecule has 0 fully saturated rings. The van der Waals surface area contributed by atoms with Gasteiger partial charge in [0.15, 0.2) is 11.2 Å². The van der Waals surface area contributed by atoms with Gasteiger partial charge in [0.25, 0.3) is 5.56 Å². The van der Waals surface area contributed by atoms with Crippen molar-refractivity contribution in [2.45, 2.75) is 20.4 Å². The molecule has 168 valence electrons. The number of halogens is 1. The maximum atomic E-state index is 14.3. The third-order valence-corrected chi connectivity index (χ3v) is 6.14. The lowest BCUT2D eigenvalue weighted by atomic mass is 10.2. The minimum Gasteiger partial charge on any atom is -0.497 e. The lowest BCUT2D eigenvalue weighted by molar-refractivity contribution is 0.414. The molecule has 0 N–H and O–H groups in total. The average molecular weight is 447 g/mol. The molecule has 3 aromatic heterocycles. The van der Waals surface area contributed by atoms with Gasteiger partial charge in [-0.3, -0.25) is 22.9 Å². The zero-order valence-electron chi connectivity index (χ0n) is 18.7. The first-order chi connectivity index (χ1) is 15.8. The maximum absolute atomic E-state index is 14.3. The van der Waals surface area contributed by atoms with Gasteiger partial charge in [0, 0.05) is 29.7 Å². The molecule has 0 unspecified atom stereocenters. The van der Waals surface area contributed by atoms with Crippen LogP contribution in [0.25, 0.3) is 22.6 Å². The third-order valence-electron chi connectivity index (χ3n) is 6.14. The molecule has 0 aliphatic carbocycles. The topological polar surface area (TPSA) is 75.5 Å². The number of aromatic nitrogens is 5. The first-order valence-electron chi connectivity index (χ1n) is 10.4. The Bertz CT molecular complexity index is 1650. The largest absolute Gasteiger partial charge is 0.497 e. The van der Waals surface area contributed by atoms with Gasteiger partial charge in [-0.25, -0.2) is 9.18 Å². The molecule has 0 aliphatic heterocycles. The summed E-state index contributed by atoms with van der Waals surface area (Å²) in [5.74, 6) is 0.770. The fourth-order valence-electron chi connectivity index (χ4n) is 4.23. The zero-order chi connectivity index (χ0) is 23.4. The van der Waals surface area contributed by atoms with Crippen molar-refractivity contribution < 1.29 is 9.13 Å². The van der Waals surface area contributed by atoms with Crippen LogP contribution in [-0.2, 0) is 13.6 Å². The molecule has 9 heteroatoms. The Kier molecular flexibility index (Phi) is 4.70. The molecule has 0 aliphatic rings. The van der Waals surface area contributed by atoms with E-state index < -0.39 is 17.1 Å². The number of rotatable bonds is 4. The molecule has 5 rings (SSSR count). The Labute approximate surface area is 187 Å². The van der Waals surface area contributed by atoms with E-state index in [1.165, 1.54) is 10.6 Å². The first kappa shape index (κ1) is 20.7. The van der Waals surface area contributed by atoms with E-state index in [2.05, 4.69) is 4.98 Å². The van der Waals surface area contributed by atoms with Gasteiger partial charge < -0.3 is 4.74 Å². The van der Waals surface area contributed by atoms with Crippen molar-refractivity contribution in [3.63, 3.8) is 0 Å². The molecule has 0 saturated carbocycles. The van der Waals surface area contributed by atoms with E-state index in [1.807, 2.05) is 42.7 Å². The van der Waals surface area contributed by atoms with Crippen LogP contribution in [0.2, 0.25) is 0 Å². The highest BCUT2D eigenvalue weighted by Gasteiger charge is 2.23. The summed E-state index contributed by atoms with van der Waals surface area (Å²) < 4.78 is 25.6. The highest BCUT2D eigenvalue weighted by atomic mass is 19.1. The second-order valence-corrected chi connectivity index (χ2v) is 7.95. The molecule has 33 heavy (non-hydrogen) atoms. The number of nitrogens with zero attached hydrogens (tertiary/aromatic N) is 5. The molecule has 3 heterocycles. The van der Waals surface area contributed by atoms with Gasteiger partial charge in [0.2, 0.25) is 5.78 Å². The number of hydrogen-bond acceptors (Lipinski definition) is 4. The summed E-state index contributed by atoms with van der Waals surface area (Å²) >= 11 is 0. The normalized spacial score (nSPS) is 11.5. The molecule has 0 bridgehead atoms. The summed E-state index contributed by atoms with van der Waals surface area (Å²) in [5.41, 5.74) is 2.31. The standard InChI is InChI=1S/C24H22FN5O3/c1-14-15(2)30-20-21(26-23(30)29(14)17-9-11-18(33-4)12-10-17)27(3)24(32)28(22(20)31)13-16-7-5-6-8-19(16)25/h5-12H,13H2,1-4H3. The number of hydrogen-bond donors (Lipinski definition) is 0. The van der Waals surface area contributed by atoms with Crippen molar-refractivity contribution in [3.05, 3.63) is 92.1 Å². The Hall–Kier alpha value is -4.14. The van der Waals surface area contributed by atoms with Crippen molar-refractivity contribution in [1.82, 2.24) is 23.1 Å². The fourth-order valence-corrected chi connectivity index (χ4v) is 4.23. The van der Waals surface area contributed by atoms with Gasteiger partial charge in [-0.1, -0.05) is 18.2 Å². The minimum atomic E-state index is -0.554. The summed E-state index contributed by atoms with van der Waals surface area (Å²) in [5, 5.41) is 0. The van der Waals surface area contributed by atoms with Gasteiger partial charge in [-0.15, -0.1) is 0 Å². The highest BCUT2D eigenvalue weighted by molar-refractivity contribution is 5.77. The molecule has 0 amide bonds. The molecule has 0 saturated heterocycles. The van der Waals surface area contributed by atoms with Crippen LogP contribution in [-0.4, -0.2) is 30.2 Å². The van der Waals surface area contributed by atoms with Crippen molar-refractivity contribution in [3.8, 4) is 11.4 Å². The maximum Gasteiger partial charge on any atom is 0.332 e. The lowest BCUT2D eigenvalue weighted by Crippen LogP contribution is -2.39. The fraction of sp³-hybridized carbons (Fsp3) is 0.208. The summed E-state index contributed by atoms with van der Waals surface area (Å²) in [4.78, 5) is 31.2. The molecule has 0 radical (unpaired) electrons. The van der Waals surface area contributed by atoms with Gasteiger partial charge in [0.05, 0.1) is 13.7 Å². The smallest absolute Gasteiger partial charge is 0.332 e. The van der Waals surface area contributed by atoms with Gasteiger partial charge >= 0.3 is 5.69 Å². The van der Waals surface area contributed by atoms with E-state index in [4.69, 9.17) is 4.74 Å². The highest BCUT2D eigenvalue weighted by Crippen LogP contribution is 2.25. The monoisotopic (exact) mass is 447 g/mol. The number of ether oxygens (including phenoxy) is 1. The average Bonchev–Trinajstić information content (AvgIpc) is 3.32. The zero-order valence-corrected chi connectivity index (χ0v) is 18.7. The lowest BCUT2D eigenvalue weighted by Gasteiger charge is -2.09. The second-order valence-electron chi connectivity index (χ2n) is 7.95. The predicted octanol–water partition coefficient (Wildman–Crippen LogP) is 2.95. The molecule has 8 nitrogen and oxygen atoms in total. The summed E-state index contributed by atoms with van der Waals surface area (Å²) in [7, 11) is 3.17. The predicted molar refractivity (Wildman–Crippen MR) is 123 cm³/mol. The van der Waals surface area contributed by atoms with E-state index in [0.29, 0.717) is 5.78 Å². The molecular formula is C24H22FN5O3. The summed E-state index contributed by atoms with van der Waals surface area (Å²) in [6.45, 7) is 3.67. The number of methoxy groups -OCH3 is 1. The van der Waals surface area contributed by atoms with E-state index in [0.717, 1.165) is 27.4 Å². The molecule has 0 spiro atoms. The number of imidazole rings is 2. The van der Waals surface area contributed by atoms with Crippen molar-refractivity contribution in [2.24, 2.45) is 7.05 Å². The van der Waals surface area contributed by atoms with Gasteiger partial charge in [-0.2, -0.15) is 4.98 Å². The minimum absolute atomic E-state index is 0.168.